The normalized spacial score (nSPS) is 17.1. The summed E-state index contributed by atoms with van der Waals surface area (Å²) in [5, 5.41) is 10.2. The van der Waals surface area contributed by atoms with E-state index in [-0.39, 0.29) is 11.7 Å². The lowest BCUT2D eigenvalue weighted by molar-refractivity contribution is 0.00513. The highest BCUT2D eigenvalue weighted by molar-refractivity contribution is 5.18. The highest BCUT2D eigenvalue weighted by Gasteiger charge is 2.27. The van der Waals surface area contributed by atoms with Crippen molar-refractivity contribution in [2.45, 2.75) is 39.2 Å². The van der Waals surface area contributed by atoms with Crippen LogP contribution in [-0.2, 0) is 6.42 Å². The van der Waals surface area contributed by atoms with E-state index in [1.807, 2.05) is 26.8 Å². The van der Waals surface area contributed by atoms with Crippen molar-refractivity contribution in [2.75, 3.05) is 0 Å². The van der Waals surface area contributed by atoms with E-state index < -0.39 is 5.60 Å². The fraction of sp³-hybridized carbons (Fsp3) is 0.538. The van der Waals surface area contributed by atoms with Gasteiger partial charge >= 0.3 is 0 Å². The van der Waals surface area contributed by atoms with Crippen LogP contribution in [0.5, 0.6) is 0 Å². The molecule has 0 radical (unpaired) electrons. The Labute approximate surface area is 90.9 Å². The van der Waals surface area contributed by atoms with E-state index in [9.17, 15) is 9.50 Å². The lowest BCUT2D eigenvalue weighted by Gasteiger charge is -2.29. The molecule has 15 heavy (non-hydrogen) atoms. The van der Waals surface area contributed by atoms with Crippen molar-refractivity contribution in [3.8, 4) is 0 Å². The summed E-state index contributed by atoms with van der Waals surface area (Å²) in [6, 6.07) is 6.43. The van der Waals surface area contributed by atoms with E-state index in [4.69, 9.17) is 0 Å². The van der Waals surface area contributed by atoms with Crippen LogP contribution in [0.3, 0.4) is 0 Å². The number of halogens is 1. The Morgan fingerprint density at radius 2 is 2.13 bits per heavy atom. The zero-order valence-corrected chi connectivity index (χ0v) is 9.63. The molecule has 1 aromatic carbocycles. The Hall–Kier alpha value is -0.890. The molecule has 0 saturated carbocycles. The van der Waals surface area contributed by atoms with Gasteiger partial charge < -0.3 is 5.11 Å². The molecule has 1 rings (SSSR count). The Balaban J connectivity index is 2.77. The molecular weight excluding hydrogens is 191 g/mol. The fourth-order valence-corrected chi connectivity index (χ4v) is 1.67. The quantitative estimate of drug-likeness (QED) is 0.809. The number of rotatable bonds is 4. The van der Waals surface area contributed by atoms with Crippen molar-refractivity contribution in [2.24, 2.45) is 5.92 Å². The molecule has 0 heterocycles. The number of benzene rings is 1. The fourth-order valence-electron chi connectivity index (χ4n) is 1.67. The SMILES string of the molecule is CCC(C)C(C)(O)Cc1cccc(F)c1. The molecule has 1 nitrogen and oxygen atoms in total. The van der Waals surface area contributed by atoms with Crippen LogP contribution in [0.1, 0.15) is 32.8 Å². The van der Waals surface area contributed by atoms with E-state index in [0.717, 1.165) is 12.0 Å². The molecule has 0 bridgehead atoms. The average Bonchev–Trinajstić information content (AvgIpc) is 2.15. The van der Waals surface area contributed by atoms with Crippen LogP contribution in [-0.4, -0.2) is 10.7 Å². The van der Waals surface area contributed by atoms with Gasteiger partial charge in [0.15, 0.2) is 0 Å². The van der Waals surface area contributed by atoms with Crippen molar-refractivity contribution in [1.82, 2.24) is 0 Å². The summed E-state index contributed by atoms with van der Waals surface area (Å²) in [6.07, 6.45) is 1.42. The summed E-state index contributed by atoms with van der Waals surface area (Å²) >= 11 is 0. The molecule has 1 N–H and O–H groups in total. The average molecular weight is 210 g/mol. The maximum absolute atomic E-state index is 12.9. The van der Waals surface area contributed by atoms with Gasteiger partial charge in [0.05, 0.1) is 5.60 Å². The van der Waals surface area contributed by atoms with Gasteiger partial charge in [0.25, 0.3) is 0 Å². The van der Waals surface area contributed by atoms with E-state index in [2.05, 4.69) is 0 Å². The Kier molecular flexibility index (Phi) is 3.86. The predicted octanol–water partition coefficient (Wildman–Crippen LogP) is 3.17. The Morgan fingerprint density at radius 3 is 2.67 bits per heavy atom. The maximum Gasteiger partial charge on any atom is 0.123 e. The minimum Gasteiger partial charge on any atom is -0.390 e. The second kappa shape index (κ2) is 4.75. The van der Waals surface area contributed by atoms with E-state index in [1.165, 1.54) is 12.1 Å². The molecule has 0 aromatic heterocycles. The Morgan fingerprint density at radius 1 is 1.47 bits per heavy atom. The van der Waals surface area contributed by atoms with E-state index in [0.29, 0.717) is 6.42 Å². The van der Waals surface area contributed by atoms with Crippen molar-refractivity contribution in [3.63, 3.8) is 0 Å². The minimum atomic E-state index is -0.761. The van der Waals surface area contributed by atoms with E-state index >= 15 is 0 Å². The Bertz CT molecular complexity index is 320. The van der Waals surface area contributed by atoms with Gasteiger partial charge in [-0.05, 0) is 30.5 Å². The smallest absolute Gasteiger partial charge is 0.123 e. The van der Waals surface area contributed by atoms with Crippen molar-refractivity contribution < 1.29 is 9.50 Å². The predicted molar refractivity (Wildman–Crippen MR) is 60.2 cm³/mol. The second-order valence-electron chi connectivity index (χ2n) is 4.47. The summed E-state index contributed by atoms with van der Waals surface area (Å²) in [5.41, 5.74) is 0.0861. The second-order valence-corrected chi connectivity index (χ2v) is 4.47. The molecule has 0 aliphatic heterocycles. The van der Waals surface area contributed by atoms with Crippen molar-refractivity contribution in [1.29, 1.82) is 0 Å². The first-order valence-corrected chi connectivity index (χ1v) is 5.42. The molecule has 0 amide bonds. The van der Waals surface area contributed by atoms with Gasteiger partial charge in [-0.1, -0.05) is 32.4 Å². The van der Waals surface area contributed by atoms with Crippen molar-refractivity contribution >= 4 is 0 Å². The lowest BCUT2D eigenvalue weighted by atomic mass is 9.83. The zero-order valence-electron chi connectivity index (χ0n) is 9.63. The van der Waals surface area contributed by atoms with Crippen LogP contribution >= 0.6 is 0 Å². The van der Waals surface area contributed by atoms with Crippen LogP contribution in [0.15, 0.2) is 24.3 Å². The van der Waals surface area contributed by atoms with Gasteiger partial charge in [0, 0.05) is 6.42 Å². The molecule has 84 valence electrons. The molecular formula is C13H19FO. The first-order valence-electron chi connectivity index (χ1n) is 5.42. The highest BCUT2D eigenvalue weighted by atomic mass is 19.1. The molecule has 2 heteroatoms. The van der Waals surface area contributed by atoms with E-state index in [1.54, 1.807) is 6.07 Å². The number of hydrogen-bond acceptors (Lipinski definition) is 1. The van der Waals surface area contributed by atoms with Crippen LogP contribution in [0.2, 0.25) is 0 Å². The zero-order chi connectivity index (χ0) is 11.5. The lowest BCUT2D eigenvalue weighted by Crippen LogP contribution is -2.34. The third kappa shape index (κ3) is 3.31. The summed E-state index contributed by atoms with van der Waals surface area (Å²) in [5.74, 6) is -0.0341. The van der Waals surface area contributed by atoms with Gasteiger partial charge in [-0.2, -0.15) is 0 Å². The summed E-state index contributed by atoms with van der Waals surface area (Å²) in [7, 11) is 0. The summed E-state index contributed by atoms with van der Waals surface area (Å²) in [6.45, 7) is 5.87. The van der Waals surface area contributed by atoms with Gasteiger partial charge in [-0.3, -0.25) is 0 Å². The summed E-state index contributed by atoms with van der Waals surface area (Å²) in [4.78, 5) is 0. The highest BCUT2D eigenvalue weighted by Crippen LogP contribution is 2.24. The topological polar surface area (TPSA) is 20.2 Å². The third-order valence-corrected chi connectivity index (χ3v) is 3.13. The molecule has 0 saturated heterocycles. The first kappa shape index (κ1) is 12.2. The van der Waals surface area contributed by atoms with Crippen LogP contribution in [0.4, 0.5) is 4.39 Å². The first-order chi connectivity index (χ1) is 6.95. The molecule has 0 aliphatic rings. The number of hydrogen-bond donors (Lipinski definition) is 1. The molecule has 1 aromatic rings. The molecule has 2 unspecified atom stereocenters. The third-order valence-electron chi connectivity index (χ3n) is 3.13. The maximum atomic E-state index is 12.9. The van der Waals surface area contributed by atoms with Gasteiger partial charge in [0.2, 0.25) is 0 Å². The molecule has 2 atom stereocenters. The van der Waals surface area contributed by atoms with Gasteiger partial charge in [-0.15, -0.1) is 0 Å². The largest absolute Gasteiger partial charge is 0.390 e. The van der Waals surface area contributed by atoms with Crippen LogP contribution in [0.25, 0.3) is 0 Å². The molecule has 0 aliphatic carbocycles. The van der Waals surface area contributed by atoms with Crippen LogP contribution < -0.4 is 0 Å². The summed E-state index contributed by atoms with van der Waals surface area (Å²) < 4.78 is 12.9. The molecule has 0 fully saturated rings. The standard InChI is InChI=1S/C13H19FO/c1-4-10(2)13(3,15)9-11-6-5-7-12(14)8-11/h5-8,10,15H,4,9H2,1-3H3. The molecule has 0 spiro atoms. The monoisotopic (exact) mass is 210 g/mol. The van der Waals surface area contributed by atoms with Crippen LogP contribution in [0, 0.1) is 11.7 Å². The number of aliphatic hydroxyl groups is 1. The van der Waals surface area contributed by atoms with Gasteiger partial charge in [0.1, 0.15) is 5.82 Å². The van der Waals surface area contributed by atoms with Crippen molar-refractivity contribution in [3.05, 3.63) is 35.6 Å². The van der Waals surface area contributed by atoms with Gasteiger partial charge in [-0.25, -0.2) is 4.39 Å². The minimum absolute atomic E-state index is 0.209.